The predicted octanol–water partition coefficient (Wildman–Crippen LogP) is 4.08. The van der Waals surface area contributed by atoms with Crippen LogP contribution in [0, 0.1) is 5.92 Å². The zero-order valence-corrected chi connectivity index (χ0v) is 16.8. The standard InChI is InChI=1S/C25H25NO4/c27-24(20-9-10-22-23(15-20)30-13-12-29-22)21-6-3-11-26(25(21)28)16-17-7-8-18-4-1-2-5-19(18)14-17/h1-2,4-5,7-10,14-15,21,24,27H,3,6,11-13,16H2. The number of piperidine rings is 1. The first kappa shape index (κ1) is 18.9. The van der Waals surface area contributed by atoms with Crippen molar-refractivity contribution in [1.29, 1.82) is 0 Å². The van der Waals surface area contributed by atoms with E-state index in [0.717, 1.165) is 18.5 Å². The van der Waals surface area contributed by atoms with Crippen LogP contribution in [0.25, 0.3) is 10.8 Å². The van der Waals surface area contributed by atoms with Gasteiger partial charge in [0.1, 0.15) is 13.2 Å². The Balaban J connectivity index is 1.33. The molecule has 2 aliphatic heterocycles. The third-order valence-electron chi connectivity index (χ3n) is 6.05. The van der Waals surface area contributed by atoms with Crippen LogP contribution in [0.4, 0.5) is 0 Å². The van der Waals surface area contributed by atoms with Gasteiger partial charge in [-0.05, 0) is 52.9 Å². The smallest absolute Gasteiger partial charge is 0.228 e. The van der Waals surface area contributed by atoms with Gasteiger partial charge < -0.3 is 19.5 Å². The predicted molar refractivity (Wildman–Crippen MR) is 114 cm³/mol. The molecule has 3 aromatic carbocycles. The lowest BCUT2D eigenvalue weighted by Crippen LogP contribution is -2.42. The molecule has 0 spiro atoms. The highest BCUT2D eigenvalue weighted by Crippen LogP contribution is 2.37. The van der Waals surface area contributed by atoms with E-state index in [9.17, 15) is 9.90 Å². The Morgan fingerprint density at radius 3 is 2.63 bits per heavy atom. The van der Waals surface area contributed by atoms with Crippen molar-refractivity contribution in [3.8, 4) is 11.5 Å². The van der Waals surface area contributed by atoms with Gasteiger partial charge in [0.25, 0.3) is 0 Å². The quantitative estimate of drug-likeness (QED) is 0.713. The lowest BCUT2D eigenvalue weighted by Gasteiger charge is -2.35. The van der Waals surface area contributed by atoms with E-state index in [-0.39, 0.29) is 5.91 Å². The van der Waals surface area contributed by atoms with Crippen LogP contribution in [-0.2, 0) is 11.3 Å². The molecule has 2 heterocycles. The molecule has 0 radical (unpaired) electrons. The van der Waals surface area contributed by atoms with E-state index in [4.69, 9.17) is 9.47 Å². The molecule has 30 heavy (non-hydrogen) atoms. The van der Waals surface area contributed by atoms with Crippen molar-refractivity contribution in [2.75, 3.05) is 19.8 Å². The molecule has 1 saturated heterocycles. The van der Waals surface area contributed by atoms with Crippen LogP contribution in [0.1, 0.15) is 30.1 Å². The highest BCUT2D eigenvalue weighted by Gasteiger charge is 2.35. The molecule has 2 unspecified atom stereocenters. The number of rotatable bonds is 4. The summed E-state index contributed by atoms with van der Waals surface area (Å²) in [6, 6.07) is 20.0. The van der Waals surface area contributed by atoms with Crippen molar-refractivity contribution < 1.29 is 19.4 Å². The van der Waals surface area contributed by atoms with Crippen molar-refractivity contribution >= 4 is 16.7 Å². The van der Waals surface area contributed by atoms with Crippen molar-refractivity contribution in [1.82, 2.24) is 4.90 Å². The summed E-state index contributed by atoms with van der Waals surface area (Å²) in [5.41, 5.74) is 1.81. The van der Waals surface area contributed by atoms with Crippen molar-refractivity contribution in [3.63, 3.8) is 0 Å². The first-order chi connectivity index (χ1) is 14.7. The fourth-order valence-electron chi connectivity index (χ4n) is 4.45. The molecule has 2 atom stereocenters. The van der Waals surface area contributed by atoms with E-state index in [0.29, 0.717) is 43.2 Å². The summed E-state index contributed by atoms with van der Waals surface area (Å²) < 4.78 is 11.2. The molecule has 154 valence electrons. The third-order valence-corrected chi connectivity index (χ3v) is 6.05. The van der Waals surface area contributed by atoms with Gasteiger partial charge in [0.15, 0.2) is 11.5 Å². The molecule has 0 aromatic heterocycles. The molecule has 0 bridgehead atoms. The highest BCUT2D eigenvalue weighted by atomic mass is 16.6. The molecule has 5 nitrogen and oxygen atoms in total. The van der Waals surface area contributed by atoms with E-state index in [1.165, 1.54) is 10.8 Å². The summed E-state index contributed by atoms with van der Waals surface area (Å²) in [6.45, 7) is 2.30. The number of likely N-dealkylation sites (tertiary alicyclic amines) is 1. The highest BCUT2D eigenvalue weighted by molar-refractivity contribution is 5.83. The van der Waals surface area contributed by atoms with Crippen LogP contribution >= 0.6 is 0 Å². The second kappa shape index (κ2) is 8.00. The number of ether oxygens (including phenoxy) is 2. The lowest BCUT2D eigenvalue weighted by molar-refractivity contribution is -0.143. The Morgan fingerprint density at radius 2 is 1.77 bits per heavy atom. The minimum absolute atomic E-state index is 0.0109. The van der Waals surface area contributed by atoms with Crippen LogP contribution < -0.4 is 9.47 Å². The molecule has 3 aromatic rings. The van der Waals surface area contributed by atoms with Gasteiger partial charge in [-0.15, -0.1) is 0 Å². The Bertz CT molecular complexity index is 1080. The Morgan fingerprint density at radius 1 is 0.967 bits per heavy atom. The summed E-state index contributed by atoms with van der Waals surface area (Å²) >= 11 is 0. The second-order valence-corrected chi connectivity index (χ2v) is 8.04. The maximum absolute atomic E-state index is 13.2. The van der Waals surface area contributed by atoms with Crippen LogP contribution in [0.5, 0.6) is 11.5 Å². The number of nitrogens with zero attached hydrogens (tertiary/aromatic N) is 1. The Hall–Kier alpha value is -3.05. The summed E-state index contributed by atoms with van der Waals surface area (Å²) in [7, 11) is 0. The van der Waals surface area contributed by atoms with Gasteiger partial charge in [0.2, 0.25) is 5.91 Å². The first-order valence-electron chi connectivity index (χ1n) is 10.5. The van der Waals surface area contributed by atoms with Crippen LogP contribution in [0.15, 0.2) is 60.7 Å². The van der Waals surface area contributed by atoms with Crippen molar-refractivity contribution in [2.24, 2.45) is 5.92 Å². The largest absolute Gasteiger partial charge is 0.486 e. The molecular weight excluding hydrogens is 378 g/mol. The lowest BCUT2D eigenvalue weighted by atomic mass is 9.87. The molecule has 5 rings (SSSR count). The number of hydrogen-bond acceptors (Lipinski definition) is 4. The average molecular weight is 403 g/mol. The summed E-state index contributed by atoms with van der Waals surface area (Å²) in [4.78, 5) is 15.1. The number of carbonyl (C=O) groups excluding carboxylic acids is 1. The molecule has 2 aliphatic rings. The summed E-state index contributed by atoms with van der Waals surface area (Å²) in [5, 5.41) is 13.4. The molecule has 1 fully saturated rings. The van der Waals surface area contributed by atoms with Gasteiger partial charge in [0, 0.05) is 13.1 Å². The van der Waals surface area contributed by atoms with Crippen molar-refractivity contribution in [2.45, 2.75) is 25.5 Å². The van der Waals surface area contributed by atoms with Crippen molar-refractivity contribution in [3.05, 3.63) is 71.8 Å². The SMILES string of the molecule is O=C1C(C(O)c2ccc3c(c2)OCCO3)CCCN1Cc1ccc2ccccc2c1. The number of carbonyl (C=O) groups is 1. The number of benzene rings is 3. The second-order valence-electron chi connectivity index (χ2n) is 8.04. The number of aliphatic hydroxyl groups is 1. The van der Waals surface area contributed by atoms with Gasteiger partial charge in [-0.3, -0.25) is 4.79 Å². The molecule has 5 heteroatoms. The number of aliphatic hydroxyl groups excluding tert-OH is 1. The Labute approximate surface area is 175 Å². The molecule has 1 N–H and O–H groups in total. The van der Waals surface area contributed by atoms with E-state index >= 15 is 0 Å². The summed E-state index contributed by atoms with van der Waals surface area (Å²) in [5.74, 6) is 0.887. The zero-order valence-electron chi connectivity index (χ0n) is 16.8. The molecule has 0 aliphatic carbocycles. The van der Waals surface area contributed by atoms with Gasteiger partial charge in [-0.2, -0.15) is 0 Å². The van der Waals surface area contributed by atoms with Gasteiger partial charge in [-0.25, -0.2) is 0 Å². The van der Waals surface area contributed by atoms with E-state index in [2.05, 4.69) is 30.3 Å². The molecular formula is C25H25NO4. The van der Waals surface area contributed by atoms with Crippen LogP contribution in [0.2, 0.25) is 0 Å². The number of amides is 1. The maximum atomic E-state index is 13.2. The third kappa shape index (κ3) is 3.61. The topological polar surface area (TPSA) is 59.0 Å². The maximum Gasteiger partial charge on any atom is 0.228 e. The van der Waals surface area contributed by atoms with E-state index in [1.54, 1.807) is 6.07 Å². The van der Waals surface area contributed by atoms with Crippen LogP contribution in [-0.4, -0.2) is 35.7 Å². The van der Waals surface area contributed by atoms with Gasteiger partial charge in [-0.1, -0.05) is 42.5 Å². The Kier molecular flexibility index (Phi) is 5.05. The minimum Gasteiger partial charge on any atom is -0.486 e. The normalized spacial score (nSPS) is 19.7. The molecule has 1 amide bonds. The van der Waals surface area contributed by atoms with Crippen LogP contribution in [0.3, 0.4) is 0 Å². The van der Waals surface area contributed by atoms with Gasteiger partial charge in [0.05, 0.1) is 12.0 Å². The molecule has 0 saturated carbocycles. The monoisotopic (exact) mass is 403 g/mol. The van der Waals surface area contributed by atoms with E-state index < -0.39 is 12.0 Å². The minimum atomic E-state index is -0.854. The first-order valence-corrected chi connectivity index (χ1v) is 10.5. The number of hydrogen-bond donors (Lipinski definition) is 1. The van der Waals surface area contributed by atoms with Gasteiger partial charge >= 0.3 is 0 Å². The number of fused-ring (bicyclic) bond motifs is 2. The van der Waals surface area contributed by atoms with E-state index in [1.807, 2.05) is 29.2 Å². The zero-order chi connectivity index (χ0) is 20.5. The summed E-state index contributed by atoms with van der Waals surface area (Å²) in [6.07, 6.45) is 0.710. The average Bonchev–Trinajstić information content (AvgIpc) is 2.79. The fraction of sp³-hybridized carbons (Fsp3) is 0.320. The fourth-order valence-corrected chi connectivity index (χ4v) is 4.45.